The molecule has 1 fully saturated rings. The summed E-state index contributed by atoms with van der Waals surface area (Å²) in [5, 5.41) is 16.0. The topological polar surface area (TPSA) is 92.4 Å². The minimum absolute atomic E-state index is 0.0232. The molecule has 0 atom stereocenters. The van der Waals surface area contributed by atoms with E-state index in [-0.39, 0.29) is 5.76 Å². The van der Waals surface area contributed by atoms with E-state index in [0.29, 0.717) is 18.5 Å². The Labute approximate surface area is 133 Å². The molecule has 23 heavy (non-hydrogen) atoms. The second-order valence-corrected chi connectivity index (χ2v) is 5.84. The van der Waals surface area contributed by atoms with Gasteiger partial charge in [0.25, 0.3) is 5.91 Å². The first-order valence-corrected chi connectivity index (χ1v) is 7.69. The predicted octanol–water partition coefficient (Wildman–Crippen LogP) is 2.86. The van der Waals surface area contributed by atoms with Crippen molar-refractivity contribution < 1.29 is 19.2 Å². The molecule has 1 amide bonds. The highest BCUT2D eigenvalue weighted by atomic mass is 16.5. The Hall–Kier alpha value is -2.63. The van der Waals surface area contributed by atoms with Gasteiger partial charge < -0.3 is 14.9 Å². The van der Waals surface area contributed by atoms with Crippen LogP contribution in [-0.4, -0.2) is 27.7 Å². The van der Waals surface area contributed by atoms with Crippen molar-refractivity contribution in [1.29, 1.82) is 0 Å². The van der Waals surface area contributed by atoms with Crippen LogP contribution in [0.1, 0.15) is 42.7 Å². The standard InChI is InChI=1S/C17H18N2O4/c20-15(18-17(16(21)22)9-5-2-6-10-17)14-11-13(19-23-14)12-7-3-1-4-8-12/h1,3-4,7-8,11H,2,5-6,9-10H2,(H,18,20)(H,21,22). The molecule has 0 spiro atoms. The second-order valence-electron chi connectivity index (χ2n) is 5.84. The summed E-state index contributed by atoms with van der Waals surface area (Å²) in [5.74, 6) is -1.51. The van der Waals surface area contributed by atoms with Crippen LogP contribution in [0.3, 0.4) is 0 Å². The van der Waals surface area contributed by atoms with Crippen molar-refractivity contribution in [3.63, 3.8) is 0 Å². The SMILES string of the molecule is O=C(NC1(C(=O)O)CCCCC1)c1cc(-c2ccccc2)no1. The largest absolute Gasteiger partial charge is 0.480 e. The Bertz CT molecular complexity index is 702. The summed E-state index contributed by atoms with van der Waals surface area (Å²) in [6.07, 6.45) is 3.45. The number of carbonyl (C=O) groups excluding carboxylic acids is 1. The molecule has 6 heteroatoms. The van der Waals surface area contributed by atoms with Gasteiger partial charge in [0.05, 0.1) is 0 Å². The molecule has 0 unspecified atom stereocenters. The van der Waals surface area contributed by atoms with Gasteiger partial charge in [-0.1, -0.05) is 54.8 Å². The Balaban J connectivity index is 1.78. The molecule has 3 rings (SSSR count). The average Bonchev–Trinajstić information content (AvgIpc) is 3.06. The number of nitrogens with one attached hydrogen (secondary N) is 1. The maximum absolute atomic E-state index is 12.4. The lowest BCUT2D eigenvalue weighted by Crippen LogP contribution is -2.55. The summed E-state index contributed by atoms with van der Waals surface area (Å²) in [6.45, 7) is 0. The summed E-state index contributed by atoms with van der Waals surface area (Å²) >= 11 is 0. The molecule has 0 aliphatic heterocycles. The molecule has 0 bridgehead atoms. The first-order chi connectivity index (χ1) is 11.1. The van der Waals surface area contributed by atoms with Crippen LogP contribution in [-0.2, 0) is 4.79 Å². The van der Waals surface area contributed by atoms with Gasteiger partial charge in [0.2, 0.25) is 5.76 Å². The van der Waals surface area contributed by atoms with Crippen molar-refractivity contribution in [2.75, 3.05) is 0 Å². The van der Waals surface area contributed by atoms with Gasteiger partial charge in [-0.3, -0.25) is 4.79 Å². The molecule has 1 heterocycles. The number of aliphatic carboxylic acids is 1. The minimum Gasteiger partial charge on any atom is -0.480 e. The van der Waals surface area contributed by atoms with Crippen molar-refractivity contribution in [2.45, 2.75) is 37.6 Å². The number of nitrogens with zero attached hydrogens (tertiary/aromatic N) is 1. The number of benzene rings is 1. The van der Waals surface area contributed by atoms with Gasteiger partial charge in [-0.2, -0.15) is 0 Å². The Morgan fingerprint density at radius 1 is 1.13 bits per heavy atom. The number of carbonyl (C=O) groups is 2. The first kappa shape index (κ1) is 15.3. The van der Waals surface area contributed by atoms with Gasteiger partial charge in [0.15, 0.2) is 0 Å². The third-order valence-electron chi connectivity index (χ3n) is 4.27. The number of rotatable bonds is 4. The number of aromatic nitrogens is 1. The zero-order valence-electron chi connectivity index (χ0n) is 12.6. The predicted molar refractivity (Wildman–Crippen MR) is 82.9 cm³/mol. The van der Waals surface area contributed by atoms with Gasteiger partial charge in [-0.25, -0.2) is 4.79 Å². The van der Waals surface area contributed by atoms with E-state index in [1.165, 1.54) is 6.07 Å². The van der Waals surface area contributed by atoms with Crippen molar-refractivity contribution in [3.05, 3.63) is 42.2 Å². The lowest BCUT2D eigenvalue weighted by Gasteiger charge is -2.33. The molecule has 1 aromatic heterocycles. The average molecular weight is 314 g/mol. The van der Waals surface area contributed by atoms with Gasteiger partial charge >= 0.3 is 5.97 Å². The molecule has 6 nitrogen and oxygen atoms in total. The van der Waals surface area contributed by atoms with Gasteiger partial charge in [-0.15, -0.1) is 0 Å². The molecule has 2 N–H and O–H groups in total. The van der Waals surface area contributed by atoms with Crippen molar-refractivity contribution >= 4 is 11.9 Å². The van der Waals surface area contributed by atoms with Crippen LogP contribution in [0.15, 0.2) is 40.9 Å². The summed E-state index contributed by atoms with van der Waals surface area (Å²) < 4.78 is 5.09. The lowest BCUT2D eigenvalue weighted by molar-refractivity contribution is -0.145. The summed E-state index contributed by atoms with van der Waals surface area (Å²) in [7, 11) is 0. The minimum atomic E-state index is -1.20. The fourth-order valence-corrected chi connectivity index (χ4v) is 2.95. The molecular weight excluding hydrogens is 296 g/mol. The van der Waals surface area contributed by atoms with Crippen LogP contribution in [0.5, 0.6) is 0 Å². The molecule has 0 saturated heterocycles. The Morgan fingerprint density at radius 3 is 2.48 bits per heavy atom. The molecular formula is C17H18N2O4. The summed E-state index contributed by atoms with van der Waals surface area (Å²) in [5.41, 5.74) is 0.180. The lowest BCUT2D eigenvalue weighted by atomic mass is 9.81. The van der Waals surface area contributed by atoms with Gasteiger partial charge in [-0.05, 0) is 12.8 Å². The van der Waals surface area contributed by atoms with Crippen LogP contribution in [0.2, 0.25) is 0 Å². The van der Waals surface area contributed by atoms with Crippen LogP contribution in [0.4, 0.5) is 0 Å². The van der Waals surface area contributed by atoms with Crippen molar-refractivity contribution in [2.24, 2.45) is 0 Å². The van der Waals surface area contributed by atoms with E-state index in [1.807, 2.05) is 30.3 Å². The van der Waals surface area contributed by atoms with Crippen molar-refractivity contribution in [3.8, 4) is 11.3 Å². The fourth-order valence-electron chi connectivity index (χ4n) is 2.95. The molecule has 1 aliphatic carbocycles. The van der Waals surface area contributed by atoms with Crippen LogP contribution in [0.25, 0.3) is 11.3 Å². The highest BCUT2D eigenvalue weighted by Crippen LogP contribution is 2.29. The third-order valence-corrected chi connectivity index (χ3v) is 4.27. The molecule has 1 aromatic carbocycles. The summed E-state index contributed by atoms with van der Waals surface area (Å²) in [6, 6.07) is 10.9. The second kappa shape index (κ2) is 6.24. The zero-order chi connectivity index (χ0) is 16.3. The first-order valence-electron chi connectivity index (χ1n) is 7.69. The molecule has 1 saturated carbocycles. The number of carboxylic acid groups (broad SMARTS) is 1. The maximum atomic E-state index is 12.4. The van der Waals surface area contributed by atoms with E-state index in [0.717, 1.165) is 24.8 Å². The number of hydrogen-bond acceptors (Lipinski definition) is 4. The number of amides is 1. The number of hydrogen-bond donors (Lipinski definition) is 2. The monoisotopic (exact) mass is 314 g/mol. The zero-order valence-corrected chi connectivity index (χ0v) is 12.6. The Kier molecular flexibility index (Phi) is 4.14. The highest BCUT2D eigenvalue weighted by Gasteiger charge is 2.41. The van der Waals surface area contributed by atoms with Crippen LogP contribution in [0, 0.1) is 0 Å². The van der Waals surface area contributed by atoms with Crippen LogP contribution < -0.4 is 5.32 Å². The number of carboxylic acids is 1. The van der Waals surface area contributed by atoms with E-state index >= 15 is 0 Å². The van der Waals surface area contributed by atoms with E-state index in [9.17, 15) is 14.7 Å². The van der Waals surface area contributed by atoms with E-state index in [4.69, 9.17) is 4.52 Å². The molecule has 120 valence electrons. The Morgan fingerprint density at radius 2 is 1.83 bits per heavy atom. The van der Waals surface area contributed by atoms with E-state index < -0.39 is 17.4 Å². The van der Waals surface area contributed by atoms with Crippen molar-refractivity contribution in [1.82, 2.24) is 10.5 Å². The fraction of sp³-hybridized carbons (Fsp3) is 0.353. The normalized spacial score (nSPS) is 16.7. The van der Waals surface area contributed by atoms with Gasteiger partial charge in [0.1, 0.15) is 11.2 Å². The molecule has 2 aromatic rings. The summed E-state index contributed by atoms with van der Waals surface area (Å²) in [4.78, 5) is 24.0. The smallest absolute Gasteiger partial charge is 0.329 e. The molecule has 1 aliphatic rings. The van der Waals surface area contributed by atoms with Crippen LogP contribution >= 0.6 is 0 Å². The van der Waals surface area contributed by atoms with E-state index in [1.54, 1.807) is 0 Å². The van der Waals surface area contributed by atoms with Gasteiger partial charge in [0, 0.05) is 11.6 Å². The maximum Gasteiger partial charge on any atom is 0.329 e. The highest BCUT2D eigenvalue weighted by molar-refractivity contribution is 5.96. The molecule has 0 radical (unpaired) electrons. The third kappa shape index (κ3) is 3.11. The van der Waals surface area contributed by atoms with E-state index in [2.05, 4.69) is 10.5 Å². The quantitative estimate of drug-likeness (QED) is 0.905.